The molecular formula is C28H27N3O4S2. The van der Waals surface area contributed by atoms with E-state index in [4.69, 9.17) is 21.4 Å². The fraction of sp³-hybridized carbons (Fsp3) is 0.321. The normalized spacial score (nSPS) is 26.9. The zero-order valence-electron chi connectivity index (χ0n) is 20.8. The van der Waals surface area contributed by atoms with Crippen molar-refractivity contribution < 1.29 is 18.7 Å². The summed E-state index contributed by atoms with van der Waals surface area (Å²) in [5.74, 6) is 0.698. The lowest BCUT2D eigenvalue weighted by molar-refractivity contribution is -0.138. The highest BCUT2D eigenvalue weighted by atomic mass is 32.2. The van der Waals surface area contributed by atoms with Gasteiger partial charge in [-0.1, -0.05) is 55.2 Å². The van der Waals surface area contributed by atoms with Crippen molar-refractivity contribution in [1.82, 2.24) is 9.80 Å². The van der Waals surface area contributed by atoms with Crippen molar-refractivity contribution in [1.29, 1.82) is 0 Å². The Balaban J connectivity index is 1.58. The van der Waals surface area contributed by atoms with Gasteiger partial charge in [0.2, 0.25) is 5.91 Å². The van der Waals surface area contributed by atoms with Crippen LogP contribution in [0.4, 0.5) is 5.69 Å². The number of nitrogens with one attached hydrogen (secondary N) is 1. The van der Waals surface area contributed by atoms with Crippen LogP contribution in [0.1, 0.15) is 35.3 Å². The number of ether oxygens (including phenoxy) is 1. The van der Waals surface area contributed by atoms with E-state index in [0.29, 0.717) is 16.6 Å². The predicted molar refractivity (Wildman–Crippen MR) is 147 cm³/mol. The third-order valence-corrected chi connectivity index (χ3v) is 9.90. The average molecular weight is 534 g/mol. The van der Waals surface area contributed by atoms with Gasteiger partial charge in [0.25, 0.3) is 5.91 Å². The summed E-state index contributed by atoms with van der Waals surface area (Å²) in [5.41, 5.74) is 2.41. The molecule has 0 bridgehead atoms. The number of hydrogen-bond donors (Lipinski definition) is 1. The highest BCUT2D eigenvalue weighted by Crippen LogP contribution is 2.66. The summed E-state index contributed by atoms with van der Waals surface area (Å²) in [6.45, 7) is 2.81. The van der Waals surface area contributed by atoms with E-state index in [-0.39, 0.29) is 24.3 Å². The molecule has 1 aromatic heterocycles. The van der Waals surface area contributed by atoms with E-state index >= 15 is 0 Å². The van der Waals surface area contributed by atoms with Gasteiger partial charge in [-0.2, -0.15) is 0 Å². The van der Waals surface area contributed by atoms with Crippen LogP contribution >= 0.6 is 24.0 Å². The van der Waals surface area contributed by atoms with E-state index in [2.05, 4.69) is 18.3 Å². The number of furan rings is 1. The van der Waals surface area contributed by atoms with Crippen molar-refractivity contribution in [2.75, 3.05) is 26.0 Å². The Labute approximate surface area is 225 Å². The number of carbonyl (C=O) groups excluding carboxylic acids is 2. The van der Waals surface area contributed by atoms with Crippen LogP contribution in [-0.4, -0.2) is 51.4 Å². The van der Waals surface area contributed by atoms with Crippen LogP contribution in [-0.2, 0) is 28.1 Å². The molecular weight excluding hydrogens is 506 g/mol. The summed E-state index contributed by atoms with van der Waals surface area (Å²) in [5, 5.41) is 3.10. The molecule has 3 aliphatic rings. The number of carbonyl (C=O) groups is 2. The molecule has 6 rings (SSSR count). The lowest BCUT2D eigenvalue weighted by atomic mass is 9.71. The Bertz CT molecular complexity index is 1410. The first-order valence-corrected chi connectivity index (χ1v) is 13.5. The van der Waals surface area contributed by atoms with Gasteiger partial charge in [0.05, 0.1) is 19.9 Å². The first-order chi connectivity index (χ1) is 17.9. The number of thiocarbonyl (C=S) groups is 1. The molecule has 2 spiro atoms. The zero-order valence-corrected chi connectivity index (χ0v) is 22.4. The maximum atomic E-state index is 14.7. The van der Waals surface area contributed by atoms with Crippen LogP contribution in [0, 0.1) is 0 Å². The van der Waals surface area contributed by atoms with E-state index in [0.717, 1.165) is 34.5 Å². The van der Waals surface area contributed by atoms with Gasteiger partial charge >= 0.3 is 0 Å². The first kappa shape index (κ1) is 24.2. The standard InChI is InChI=1S/C28H27N3O4S2/c1-4-17-7-12-23-21(14-17)27(24(32)29-23)28(22(16-30(27)2)18-8-10-19(34-3)11-9-18)25(33)31(26(36)37-28)15-20-6-5-13-35-20/h5-14,22H,4,15-16H2,1-3H3,(H,29,32). The van der Waals surface area contributed by atoms with Crippen LogP contribution in [0.5, 0.6) is 5.75 Å². The van der Waals surface area contributed by atoms with Crippen molar-refractivity contribution in [2.24, 2.45) is 0 Å². The molecule has 0 aliphatic carbocycles. The van der Waals surface area contributed by atoms with Gasteiger partial charge in [-0.15, -0.1) is 0 Å². The van der Waals surface area contributed by atoms with Gasteiger partial charge in [0.1, 0.15) is 20.6 Å². The van der Waals surface area contributed by atoms with Crippen LogP contribution in [0.2, 0.25) is 0 Å². The van der Waals surface area contributed by atoms with Crippen LogP contribution < -0.4 is 10.1 Å². The summed E-state index contributed by atoms with van der Waals surface area (Å²) in [4.78, 5) is 32.5. The summed E-state index contributed by atoms with van der Waals surface area (Å²) in [7, 11) is 3.56. The Hall–Kier alpha value is -3.14. The van der Waals surface area contributed by atoms with E-state index in [1.165, 1.54) is 11.8 Å². The number of fused-ring (bicyclic) bond motifs is 3. The van der Waals surface area contributed by atoms with Crippen molar-refractivity contribution >= 4 is 45.8 Å². The van der Waals surface area contributed by atoms with Crippen molar-refractivity contribution in [3.63, 3.8) is 0 Å². The number of rotatable bonds is 5. The average Bonchev–Trinajstić information content (AvgIpc) is 3.64. The van der Waals surface area contributed by atoms with E-state index < -0.39 is 10.3 Å². The number of anilines is 1. The Kier molecular flexibility index (Phi) is 5.70. The number of aryl methyl sites for hydroxylation is 1. The molecule has 3 unspecified atom stereocenters. The molecule has 0 saturated carbocycles. The number of hydrogen-bond acceptors (Lipinski definition) is 7. The van der Waals surface area contributed by atoms with Gasteiger partial charge < -0.3 is 14.5 Å². The summed E-state index contributed by atoms with van der Waals surface area (Å²) in [6.07, 6.45) is 2.40. The molecule has 3 aromatic rings. The predicted octanol–water partition coefficient (Wildman–Crippen LogP) is 4.53. The molecule has 2 saturated heterocycles. The maximum Gasteiger partial charge on any atom is 0.251 e. The van der Waals surface area contributed by atoms with Gasteiger partial charge in [-0.25, -0.2) is 0 Å². The van der Waals surface area contributed by atoms with Crippen molar-refractivity contribution in [2.45, 2.75) is 36.1 Å². The second-order valence-corrected chi connectivity index (χ2v) is 11.6. The number of benzene rings is 2. The lowest BCUT2D eigenvalue weighted by Gasteiger charge is -2.41. The zero-order chi connectivity index (χ0) is 25.9. The third-order valence-electron chi connectivity index (χ3n) is 7.96. The molecule has 37 heavy (non-hydrogen) atoms. The molecule has 2 amide bonds. The summed E-state index contributed by atoms with van der Waals surface area (Å²) >= 11 is 7.18. The smallest absolute Gasteiger partial charge is 0.251 e. The lowest BCUT2D eigenvalue weighted by Crippen LogP contribution is -2.61. The molecule has 3 aliphatic heterocycles. The minimum absolute atomic E-state index is 0.172. The molecule has 3 atom stereocenters. The fourth-order valence-electron chi connectivity index (χ4n) is 6.22. The number of likely N-dealkylation sites (tertiary alicyclic amines) is 1. The fourth-order valence-corrected chi connectivity index (χ4v) is 8.35. The van der Waals surface area contributed by atoms with Crippen LogP contribution in [0.3, 0.4) is 0 Å². The monoisotopic (exact) mass is 533 g/mol. The highest BCUT2D eigenvalue weighted by Gasteiger charge is 2.77. The Morgan fingerprint density at radius 1 is 1.19 bits per heavy atom. The molecule has 190 valence electrons. The Morgan fingerprint density at radius 3 is 2.65 bits per heavy atom. The molecule has 4 heterocycles. The second-order valence-electron chi connectivity index (χ2n) is 9.68. The number of thioether (sulfide) groups is 1. The number of likely N-dealkylation sites (N-methyl/N-ethyl adjacent to an activating group) is 1. The van der Waals surface area contributed by atoms with Gasteiger partial charge in [-0.3, -0.25) is 19.4 Å². The van der Waals surface area contributed by atoms with Crippen LogP contribution in [0.25, 0.3) is 0 Å². The SMILES string of the molecule is CCc1ccc2c(c1)C1(C(=O)N2)N(C)CC(c2ccc(OC)cc2)C12SC(=S)N(Cc1ccco1)C2=O. The molecule has 9 heteroatoms. The van der Waals surface area contributed by atoms with Gasteiger partial charge in [0.15, 0.2) is 5.54 Å². The largest absolute Gasteiger partial charge is 0.497 e. The van der Waals surface area contributed by atoms with E-state index in [1.54, 1.807) is 24.3 Å². The van der Waals surface area contributed by atoms with Crippen LogP contribution in [0.15, 0.2) is 65.3 Å². The summed E-state index contributed by atoms with van der Waals surface area (Å²) < 4.78 is 10.2. The summed E-state index contributed by atoms with van der Waals surface area (Å²) in [6, 6.07) is 17.4. The van der Waals surface area contributed by atoms with E-state index in [1.807, 2.05) is 54.4 Å². The molecule has 0 radical (unpaired) electrons. The minimum atomic E-state index is -1.23. The highest BCUT2D eigenvalue weighted by molar-refractivity contribution is 8.25. The molecule has 2 fully saturated rings. The molecule has 1 N–H and O–H groups in total. The third kappa shape index (κ3) is 3.20. The number of amides is 2. The molecule has 2 aromatic carbocycles. The van der Waals surface area contributed by atoms with Crippen molar-refractivity contribution in [3.8, 4) is 5.75 Å². The first-order valence-electron chi connectivity index (χ1n) is 12.2. The second kappa shape index (κ2) is 8.72. The number of nitrogens with zero attached hydrogens (tertiary/aromatic N) is 2. The quantitative estimate of drug-likeness (QED) is 0.483. The topological polar surface area (TPSA) is 75.0 Å². The Morgan fingerprint density at radius 2 is 1.97 bits per heavy atom. The van der Waals surface area contributed by atoms with Gasteiger partial charge in [0, 0.05) is 23.7 Å². The van der Waals surface area contributed by atoms with Crippen molar-refractivity contribution in [3.05, 3.63) is 83.3 Å². The minimum Gasteiger partial charge on any atom is -0.497 e. The molecule has 7 nitrogen and oxygen atoms in total. The van der Waals surface area contributed by atoms with Gasteiger partial charge in [-0.05, 0) is 54.9 Å². The van der Waals surface area contributed by atoms with E-state index in [9.17, 15) is 9.59 Å². The maximum absolute atomic E-state index is 14.7. The number of methoxy groups -OCH3 is 1.